The Hall–Kier alpha value is -1.30. The molecule has 1 saturated heterocycles. The Bertz CT molecular complexity index is 255. The number of rotatable bonds is 1. The lowest BCUT2D eigenvalue weighted by molar-refractivity contribution is -0.147. The number of amides is 1. The monoisotopic (exact) mass is 188 g/mol. The quantitative estimate of drug-likeness (QED) is 0.516. The molecule has 0 radical (unpaired) electrons. The topological polar surface area (TPSA) is 104 Å². The second-order valence-electron chi connectivity index (χ2n) is 3.44. The van der Waals surface area contributed by atoms with Crippen molar-refractivity contribution < 1.29 is 19.8 Å². The van der Waals surface area contributed by atoms with Crippen LogP contribution >= 0.6 is 0 Å². The van der Waals surface area contributed by atoms with Crippen LogP contribution in [0.4, 0.5) is 4.79 Å². The van der Waals surface area contributed by atoms with Gasteiger partial charge in [0, 0.05) is 12.6 Å². The van der Waals surface area contributed by atoms with E-state index >= 15 is 0 Å². The zero-order valence-corrected chi connectivity index (χ0v) is 7.23. The van der Waals surface area contributed by atoms with Gasteiger partial charge in [-0.1, -0.05) is 0 Å². The van der Waals surface area contributed by atoms with Gasteiger partial charge in [0.05, 0.1) is 0 Å². The van der Waals surface area contributed by atoms with Crippen molar-refractivity contribution in [3.8, 4) is 0 Å². The summed E-state index contributed by atoms with van der Waals surface area (Å²) in [4.78, 5) is 22.4. The molecule has 0 unspecified atom stereocenters. The Balaban J connectivity index is 2.95. The molecule has 1 aliphatic heterocycles. The van der Waals surface area contributed by atoms with Gasteiger partial charge in [0.25, 0.3) is 0 Å². The first kappa shape index (κ1) is 9.79. The van der Waals surface area contributed by atoms with Crippen LogP contribution in [0.25, 0.3) is 0 Å². The highest BCUT2D eigenvalue weighted by molar-refractivity contribution is 5.84. The van der Waals surface area contributed by atoms with E-state index in [1.165, 1.54) is 6.92 Å². The Morgan fingerprint density at radius 1 is 1.54 bits per heavy atom. The molecule has 74 valence electrons. The molecule has 1 heterocycles. The van der Waals surface area contributed by atoms with Gasteiger partial charge in [0.15, 0.2) is 0 Å². The highest BCUT2D eigenvalue weighted by Gasteiger charge is 2.49. The summed E-state index contributed by atoms with van der Waals surface area (Å²) >= 11 is 0. The van der Waals surface area contributed by atoms with Gasteiger partial charge in [-0.25, -0.2) is 9.59 Å². The molecule has 1 rings (SSSR count). The van der Waals surface area contributed by atoms with E-state index in [4.69, 9.17) is 15.9 Å². The first-order valence-corrected chi connectivity index (χ1v) is 3.87. The third-order valence-corrected chi connectivity index (χ3v) is 2.36. The second kappa shape index (κ2) is 2.88. The Kier molecular flexibility index (Phi) is 2.17. The van der Waals surface area contributed by atoms with Crippen molar-refractivity contribution >= 4 is 12.1 Å². The van der Waals surface area contributed by atoms with Gasteiger partial charge < -0.3 is 15.9 Å². The van der Waals surface area contributed by atoms with E-state index in [1.807, 2.05) is 0 Å². The lowest BCUT2D eigenvalue weighted by atomic mass is 9.98. The number of carbonyl (C=O) groups is 2. The molecule has 13 heavy (non-hydrogen) atoms. The Morgan fingerprint density at radius 3 is 2.38 bits per heavy atom. The summed E-state index contributed by atoms with van der Waals surface area (Å²) in [7, 11) is 0. The van der Waals surface area contributed by atoms with Crippen LogP contribution in [0.3, 0.4) is 0 Å². The summed E-state index contributed by atoms with van der Waals surface area (Å²) in [6, 6.07) is -0.391. The van der Waals surface area contributed by atoms with E-state index in [1.54, 1.807) is 0 Å². The van der Waals surface area contributed by atoms with Crippen LogP contribution in [-0.2, 0) is 4.79 Å². The molecule has 6 heteroatoms. The molecule has 0 aromatic heterocycles. The van der Waals surface area contributed by atoms with Crippen LogP contribution in [0, 0.1) is 0 Å². The first-order valence-electron chi connectivity index (χ1n) is 3.87. The zero-order valence-electron chi connectivity index (χ0n) is 7.23. The van der Waals surface area contributed by atoms with Gasteiger partial charge in [0.1, 0.15) is 5.54 Å². The van der Waals surface area contributed by atoms with E-state index < -0.39 is 23.6 Å². The highest BCUT2D eigenvalue weighted by atomic mass is 16.4. The summed E-state index contributed by atoms with van der Waals surface area (Å²) < 4.78 is 0. The fraction of sp³-hybridized carbons (Fsp3) is 0.714. The number of carboxylic acid groups (broad SMARTS) is 2. The van der Waals surface area contributed by atoms with Gasteiger partial charge in [-0.15, -0.1) is 0 Å². The number of aliphatic carboxylic acids is 1. The summed E-state index contributed by atoms with van der Waals surface area (Å²) in [5.74, 6) is -1.15. The predicted octanol–water partition coefficient (Wildman–Crippen LogP) is -0.459. The minimum atomic E-state index is -1.37. The van der Waals surface area contributed by atoms with Crippen LogP contribution in [-0.4, -0.2) is 45.3 Å². The first-order chi connectivity index (χ1) is 5.88. The minimum Gasteiger partial charge on any atom is -0.480 e. The van der Waals surface area contributed by atoms with Gasteiger partial charge in [-0.05, 0) is 13.3 Å². The maximum Gasteiger partial charge on any atom is 0.408 e. The average Bonchev–Trinajstić information content (AvgIpc) is 2.27. The van der Waals surface area contributed by atoms with Gasteiger partial charge in [0.2, 0.25) is 0 Å². The molecule has 6 nitrogen and oxygen atoms in total. The third-order valence-electron chi connectivity index (χ3n) is 2.36. The summed E-state index contributed by atoms with van der Waals surface area (Å²) in [6.07, 6.45) is -1.08. The fourth-order valence-electron chi connectivity index (χ4n) is 1.61. The molecule has 0 spiro atoms. The molecule has 0 saturated carbocycles. The number of nitrogens with two attached hydrogens (primary N) is 1. The van der Waals surface area contributed by atoms with E-state index in [9.17, 15) is 9.59 Å². The molecule has 0 bridgehead atoms. The number of carboxylic acids is 1. The fourth-order valence-corrected chi connectivity index (χ4v) is 1.61. The minimum absolute atomic E-state index is 0.0815. The van der Waals surface area contributed by atoms with Crippen LogP contribution in [0.2, 0.25) is 0 Å². The second-order valence-corrected chi connectivity index (χ2v) is 3.44. The summed E-state index contributed by atoms with van der Waals surface area (Å²) in [6.45, 7) is 1.45. The lowest BCUT2D eigenvalue weighted by Gasteiger charge is -2.27. The van der Waals surface area contributed by atoms with Crippen molar-refractivity contribution in [1.82, 2.24) is 4.90 Å². The standard InChI is InChI=1S/C7H12N2O4/c1-7(5(10)11)2-4(8)3-9(7)6(12)13/h4H,2-3,8H2,1H3,(H,10,11)(H,12,13)/t4-,7-/m0/s1. The van der Waals surface area contributed by atoms with Crippen molar-refractivity contribution in [3.63, 3.8) is 0 Å². The number of hydrogen-bond acceptors (Lipinski definition) is 3. The van der Waals surface area contributed by atoms with E-state index in [0.717, 1.165) is 4.90 Å². The largest absolute Gasteiger partial charge is 0.480 e. The summed E-state index contributed by atoms with van der Waals surface area (Å²) in [5.41, 5.74) is 4.14. The molecule has 2 atom stereocenters. The molecule has 0 aliphatic carbocycles. The molecule has 1 aliphatic rings. The van der Waals surface area contributed by atoms with E-state index in [-0.39, 0.29) is 13.0 Å². The van der Waals surface area contributed by atoms with Crippen molar-refractivity contribution in [1.29, 1.82) is 0 Å². The molecular weight excluding hydrogens is 176 g/mol. The smallest absolute Gasteiger partial charge is 0.408 e. The molecule has 1 amide bonds. The zero-order chi connectivity index (χ0) is 10.2. The average molecular weight is 188 g/mol. The lowest BCUT2D eigenvalue weighted by Crippen LogP contribution is -2.50. The Morgan fingerprint density at radius 2 is 2.08 bits per heavy atom. The van der Waals surface area contributed by atoms with Crippen LogP contribution < -0.4 is 5.73 Å². The Labute approximate surface area is 74.9 Å². The van der Waals surface area contributed by atoms with Crippen LogP contribution in [0.1, 0.15) is 13.3 Å². The maximum absolute atomic E-state index is 10.8. The number of hydrogen-bond donors (Lipinski definition) is 3. The van der Waals surface area contributed by atoms with Gasteiger partial charge >= 0.3 is 12.1 Å². The van der Waals surface area contributed by atoms with Gasteiger partial charge in [-0.2, -0.15) is 0 Å². The molecule has 4 N–H and O–H groups in total. The van der Waals surface area contributed by atoms with Gasteiger partial charge in [-0.3, -0.25) is 4.90 Å². The third kappa shape index (κ3) is 1.44. The van der Waals surface area contributed by atoms with E-state index in [0.29, 0.717) is 0 Å². The van der Waals surface area contributed by atoms with Crippen molar-refractivity contribution in [2.45, 2.75) is 24.9 Å². The normalized spacial score (nSPS) is 33.4. The molecular formula is C7H12N2O4. The molecule has 0 aromatic rings. The van der Waals surface area contributed by atoms with E-state index in [2.05, 4.69) is 0 Å². The summed E-state index contributed by atoms with van der Waals surface area (Å²) in [5, 5.41) is 17.6. The molecule has 1 fully saturated rings. The maximum atomic E-state index is 10.8. The number of likely N-dealkylation sites (tertiary alicyclic amines) is 1. The SMILES string of the molecule is C[C@@]1(C(=O)O)C[C@H](N)CN1C(=O)O. The number of nitrogens with zero attached hydrogens (tertiary/aromatic N) is 1. The highest BCUT2D eigenvalue weighted by Crippen LogP contribution is 2.28. The van der Waals surface area contributed by atoms with Crippen molar-refractivity contribution in [3.05, 3.63) is 0 Å². The van der Waals surface area contributed by atoms with Crippen LogP contribution in [0.5, 0.6) is 0 Å². The van der Waals surface area contributed by atoms with Crippen molar-refractivity contribution in [2.24, 2.45) is 5.73 Å². The molecule has 0 aromatic carbocycles. The van der Waals surface area contributed by atoms with Crippen molar-refractivity contribution in [2.75, 3.05) is 6.54 Å². The van der Waals surface area contributed by atoms with Crippen LogP contribution in [0.15, 0.2) is 0 Å². The predicted molar refractivity (Wildman–Crippen MR) is 43.4 cm³/mol.